The van der Waals surface area contributed by atoms with Gasteiger partial charge in [-0.3, -0.25) is 4.79 Å². The minimum atomic E-state index is -4.70. The SMILES string of the molecule is C[N-]C(=O)C(NC(CC(=O)N1CCn2c(nnc2C(F)(F)F)C1)Cc1cc(F)c(F)cc1F)c1ccccc1.[Rb+]. The molecule has 1 aromatic heterocycles. The first-order valence-electron chi connectivity index (χ1n) is 11.8. The quantitative estimate of drug-likeness (QED) is 0.293. The molecule has 2 atom stereocenters. The summed E-state index contributed by atoms with van der Waals surface area (Å²) in [5.41, 5.74) is 0.266. The van der Waals surface area contributed by atoms with E-state index in [1.54, 1.807) is 30.3 Å². The predicted molar refractivity (Wildman–Crippen MR) is 125 cm³/mol. The molecule has 1 N–H and O–H groups in total. The fourth-order valence-corrected chi connectivity index (χ4v) is 4.42. The van der Waals surface area contributed by atoms with Crippen molar-refractivity contribution >= 4 is 11.8 Å². The Kier molecular flexibility index (Phi) is 11.1. The number of nitrogens with zero attached hydrogens (tertiary/aromatic N) is 5. The van der Waals surface area contributed by atoms with Gasteiger partial charge in [0, 0.05) is 31.6 Å². The van der Waals surface area contributed by atoms with E-state index in [-0.39, 0.29) is 102 Å². The van der Waals surface area contributed by atoms with Crippen LogP contribution < -0.4 is 63.5 Å². The zero-order valence-corrected chi connectivity index (χ0v) is 26.5. The minimum Gasteiger partial charge on any atom is -0.654 e. The van der Waals surface area contributed by atoms with E-state index in [2.05, 4.69) is 20.8 Å². The van der Waals surface area contributed by atoms with Gasteiger partial charge in [-0.1, -0.05) is 30.3 Å². The Morgan fingerprint density at radius 3 is 2.35 bits per heavy atom. The van der Waals surface area contributed by atoms with Gasteiger partial charge < -0.3 is 24.9 Å². The summed E-state index contributed by atoms with van der Waals surface area (Å²) in [4.78, 5) is 27.2. The normalized spacial score (nSPS) is 14.6. The molecule has 0 spiro atoms. The van der Waals surface area contributed by atoms with Gasteiger partial charge in [0.25, 0.3) is 0 Å². The topological polar surface area (TPSA) is 94.2 Å². The molecular weight excluding hydrogens is 616 g/mol. The van der Waals surface area contributed by atoms with Crippen LogP contribution in [0.3, 0.4) is 0 Å². The third-order valence-corrected chi connectivity index (χ3v) is 6.34. The molecule has 3 aromatic rings. The monoisotopic (exact) mass is 638 g/mol. The number of benzene rings is 2. The molecule has 0 aliphatic carbocycles. The molecule has 0 saturated heterocycles. The maximum absolute atomic E-state index is 14.5. The van der Waals surface area contributed by atoms with Gasteiger partial charge in [0.05, 0.1) is 18.5 Å². The molecular formula is C25H23F6N6O2Rb. The summed E-state index contributed by atoms with van der Waals surface area (Å²) in [6.45, 7) is -0.525. The Morgan fingerprint density at radius 2 is 1.70 bits per heavy atom. The molecule has 2 unspecified atom stereocenters. The van der Waals surface area contributed by atoms with Gasteiger partial charge in [0.2, 0.25) is 11.7 Å². The predicted octanol–water partition coefficient (Wildman–Crippen LogP) is 0.923. The summed E-state index contributed by atoms with van der Waals surface area (Å²) in [7, 11) is 1.29. The van der Waals surface area contributed by atoms with E-state index >= 15 is 0 Å². The molecule has 4 rings (SSSR count). The van der Waals surface area contributed by atoms with Gasteiger partial charge in [-0.05, 0) is 23.6 Å². The number of likely N-dealkylation sites (N-methyl/N-ethyl adjacent to an activating group) is 1. The number of carbonyl (C=O) groups is 2. The van der Waals surface area contributed by atoms with Crippen LogP contribution in [0.15, 0.2) is 42.5 Å². The minimum absolute atomic E-state index is 0. The maximum atomic E-state index is 14.5. The number of hydrogen-bond donors (Lipinski definition) is 1. The molecule has 40 heavy (non-hydrogen) atoms. The molecule has 15 heteroatoms. The molecule has 208 valence electrons. The van der Waals surface area contributed by atoms with Crippen LogP contribution in [0.4, 0.5) is 26.3 Å². The standard InChI is InChI=1S/C25H24F6N6O2.Rb/c1-32-23(39)22(14-5-3-2-4-6-14)33-16(9-15-10-18(27)19(28)12-17(15)26)11-21(38)36-7-8-37-20(13-36)34-35-24(37)25(29,30)31;/h2-6,10,12,16,22,33H,7-9,11,13H2,1H3,(H,32,39);/q;+1/p-1. The second-order valence-electron chi connectivity index (χ2n) is 8.94. The van der Waals surface area contributed by atoms with Crippen molar-refractivity contribution in [3.05, 3.63) is 88.0 Å². The zero-order chi connectivity index (χ0) is 28.3. The van der Waals surface area contributed by atoms with E-state index in [1.807, 2.05) is 0 Å². The Balaban J connectivity index is 0.00000441. The number of halogens is 6. The first kappa shape index (κ1) is 32.4. The Labute approximate surface area is 274 Å². The van der Waals surface area contributed by atoms with Gasteiger partial charge in [-0.25, -0.2) is 13.2 Å². The maximum Gasteiger partial charge on any atom is 1.00 e. The first-order valence-corrected chi connectivity index (χ1v) is 11.8. The third-order valence-electron chi connectivity index (χ3n) is 6.34. The van der Waals surface area contributed by atoms with Crippen LogP contribution in [-0.4, -0.2) is 51.1 Å². The summed E-state index contributed by atoms with van der Waals surface area (Å²) in [6, 6.07) is 7.43. The summed E-state index contributed by atoms with van der Waals surface area (Å²) in [5, 5.41) is 13.4. The van der Waals surface area contributed by atoms with Crippen molar-refractivity contribution < 1.29 is 94.1 Å². The van der Waals surface area contributed by atoms with E-state index in [0.29, 0.717) is 17.7 Å². The molecule has 0 saturated carbocycles. The van der Waals surface area contributed by atoms with E-state index in [1.165, 1.54) is 11.9 Å². The van der Waals surface area contributed by atoms with Crippen molar-refractivity contribution in [2.75, 3.05) is 13.6 Å². The summed E-state index contributed by atoms with van der Waals surface area (Å²) in [5.74, 6) is -6.05. The molecule has 1 aliphatic rings. The summed E-state index contributed by atoms with van der Waals surface area (Å²) >= 11 is 0. The third kappa shape index (κ3) is 7.57. The molecule has 0 radical (unpaired) electrons. The van der Waals surface area contributed by atoms with Gasteiger partial charge in [-0.2, -0.15) is 13.2 Å². The smallest absolute Gasteiger partial charge is 0.654 e. The van der Waals surface area contributed by atoms with E-state index in [0.717, 1.165) is 4.57 Å². The Morgan fingerprint density at radius 1 is 1.02 bits per heavy atom. The van der Waals surface area contributed by atoms with Gasteiger partial charge in [0.15, 0.2) is 17.5 Å². The van der Waals surface area contributed by atoms with Crippen LogP contribution in [0.5, 0.6) is 0 Å². The number of fused-ring (bicyclic) bond motifs is 1. The van der Waals surface area contributed by atoms with Gasteiger partial charge in [0.1, 0.15) is 5.82 Å². The average molecular weight is 639 g/mol. The van der Waals surface area contributed by atoms with Crippen LogP contribution >= 0.6 is 0 Å². The van der Waals surface area contributed by atoms with Crippen molar-refractivity contribution in [1.82, 2.24) is 25.0 Å². The molecule has 1 aliphatic heterocycles. The van der Waals surface area contributed by atoms with Crippen molar-refractivity contribution in [1.29, 1.82) is 0 Å². The van der Waals surface area contributed by atoms with Crippen LogP contribution in [0, 0.1) is 17.5 Å². The zero-order valence-electron chi connectivity index (χ0n) is 21.6. The number of rotatable bonds is 8. The fraction of sp³-hybridized carbons (Fsp3) is 0.360. The van der Waals surface area contributed by atoms with Crippen molar-refractivity contribution in [3.63, 3.8) is 0 Å². The molecule has 0 bridgehead atoms. The van der Waals surface area contributed by atoms with Crippen LogP contribution in [0.1, 0.15) is 35.2 Å². The van der Waals surface area contributed by atoms with E-state index < -0.39 is 53.4 Å². The van der Waals surface area contributed by atoms with Crippen molar-refractivity contribution in [2.24, 2.45) is 0 Å². The van der Waals surface area contributed by atoms with Crippen molar-refractivity contribution in [2.45, 2.75) is 44.2 Å². The molecule has 2 amide bonds. The van der Waals surface area contributed by atoms with Crippen molar-refractivity contribution in [3.8, 4) is 0 Å². The number of nitrogens with one attached hydrogen (secondary N) is 1. The van der Waals surface area contributed by atoms with E-state index in [9.17, 15) is 35.9 Å². The Bertz CT molecular complexity index is 1350. The molecule has 2 aromatic carbocycles. The summed E-state index contributed by atoms with van der Waals surface area (Å²) < 4.78 is 82.3. The van der Waals surface area contributed by atoms with E-state index in [4.69, 9.17) is 0 Å². The number of carbonyl (C=O) groups excluding carboxylic acids is 2. The number of amides is 2. The van der Waals surface area contributed by atoms with Crippen LogP contribution in [0.2, 0.25) is 0 Å². The van der Waals surface area contributed by atoms with Gasteiger partial charge >= 0.3 is 64.4 Å². The molecule has 0 fully saturated rings. The Hall–Kier alpha value is -2.13. The summed E-state index contributed by atoms with van der Waals surface area (Å²) in [6.07, 6.45) is -5.36. The average Bonchev–Trinajstić information content (AvgIpc) is 3.34. The van der Waals surface area contributed by atoms with Crippen LogP contribution in [0.25, 0.3) is 5.32 Å². The number of aromatic nitrogens is 3. The fourth-order valence-electron chi connectivity index (χ4n) is 4.42. The first-order chi connectivity index (χ1) is 18.5. The molecule has 8 nitrogen and oxygen atoms in total. The second kappa shape index (κ2) is 13.7. The second-order valence-corrected chi connectivity index (χ2v) is 8.94. The number of alkyl halides is 3. The molecule has 2 heterocycles. The van der Waals surface area contributed by atoms with Gasteiger partial charge in [-0.15, -0.1) is 17.2 Å². The number of hydrogen-bond acceptors (Lipinski definition) is 5. The van der Waals surface area contributed by atoms with Crippen LogP contribution in [-0.2, 0) is 35.3 Å². The largest absolute Gasteiger partial charge is 1.00 e.